The molecule has 0 saturated heterocycles. The number of ether oxygens (including phenoxy) is 3. The van der Waals surface area contributed by atoms with Crippen molar-refractivity contribution in [1.82, 2.24) is 0 Å². The van der Waals surface area contributed by atoms with Crippen LogP contribution in [0.3, 0.4) is 0 Å². The largest absolute Gasteiger partial charge is 0.495 e. The first-order valence-electron chi connectivity index (χ1n) is 11.5. The second-order valence-corrected chi connectivity index (χ2v) is 10.8. The molecule has 4 aromatic rings. The van der Waals surface area contributed by atoms with Crippen molar-refractivity contribution < 1.29 is 27.4 Å². The molecule has 8 nitrogen and oxygen atoms in total. The first kappa shape index (κ1) is 28.1. The molecule has 4 aromatic carbocycles. The normalized spacial score (nSPS) is 11.0. The summed E-state index contributed by atoms with van der Waals surface area (Å²) in [6, 6.07) is 24.0. The zero-order valence-corrected chi connectivity index (χ0v) is 23.3. The molecule has 0 radical (unpaired) electrons. The van der Waals surface area contributed by atoms with Gasteiger partial charge in [0, 0.05) is 10.0 Å². The summed E-state index contributed by atoms with van der Waals surface area (Å²) in [5, 5.41) is 3.32. The van der Waals surface area contributed by atoms with Crippen molar-refractivity contribution in [1.29, 1.82) is 0 Å². The number of carbonyl (C=O) groups excluding carboxylic acids is 1. The van der Waals surface area contributed by atoms with Crippen molar-refractivity contribution in [2.24, 2.45) is 0 Å². The van der Waals surface area contributed by atoms with Crippen molar-refractivity contribution >= 4 is 50.5 Å². The summed E-state index contributed by atoms with van der Waals surface area (Å²) in [6.07, 6.45) is 0. The summed E-state index contributed by atoms with van der Waals surface area (Å²) in [6.45, 7) is -0.603. The van der Waals surface area contributed by atoms with Crippen molar-refractivity contribution in [2.75, 3.05) is 30.4 Å². The predicted octanol–water partition coefficient (Wildman–Crippen LogP) is 6.64. The molecule has 1 N–H and O–H groups in total. The van der Waals surface area contributed by atoms with E-state index < -0.39 is 22.5 Å². The smallest absolute Gasteiger partial charge is 0.264 e. The highest BCUT2D eigenvalue weighted by molar-refractivity contribution is 7.92. The lowest BCUT2D eigenvalue weighted by molar-refractivity contribution is -0.114. The SMILES string of the molecule is COc1ccccc1Oc1ccc(Cl)cc1NC(=O)CN(c1cc(Cl)ccc1OC)S(=O)(=O)c1ccccc1. The van der Waals surface area contributed by atoms with Gasteiger partial charge in [0.1, 0.15) is 12.3 Å². The second kappa shape index (κ2) is 12.3. The summed E-state index contributed by atoms with van der Waals surface area (Å²) in [5.41, 5.74) is 0.328. The quantitative estimate of drug-likeness (QED) is 0.224. The number of benzene rings is 4. The Labute approximate surface area is 236 Å². The van der Waals surface area contributed by atoms with E-state index in [2.05, 4.69) is 5.32 Å². The van der Waals surface area contributed by atoms with E-state index in [1.807, 2.05) is 0 Å². The van der Waals surface area contributed by atoms with Gasteiger partial charge in [-0.2, -0.15) is 0 Å². The van der Waals surface area contributed by atoms with E-state index in [9.17, 15) is 13.2 Å². The average Bonchev–Trinajstić information content (AvgIpc) is 2.94. The maximum atomic E-state index is 13.7. The van der Waals surface area contributed by atoms with Gasteiger partial charge in [-0.15, -0.1) is 0 Å². The van der Waals surface area contributed by atoms with Gasteiger partial charge in [0.25, 0.3) is 10.0 Å². The maximum absolute atomic E-state index is 13.7. The number of sulfonamides is 1. The molecule has 4 rings (SSSR count). The molecule has 0 atom stereocenters. The monoisotopic (exact) mass is 586 g/mol. The lowest BCUT2D eigenvalue weighted by Gasteiger charge is -2.26. The minimum atomic E-state index is -4.21. The van der Waals surface area contributed by atoms with E-state index in [-0.39, 0.29) is 32.8 Å². The molecule has 0 aliphatic rings. The van der Waals surface area contributed by atoms with E-state index in [4.69, 9.17) is 37.4 Å². The van der Waals surface area contributed by atoms with Crippen LogP contribution in [0.1, 0.15) is 0 Å². The molecule has 0 saturated carbocycles. The number of hydrogen-bond acceptors (Lipinski definition) is 6. The summed E-state index contributed by atoms with van der Waals surface area (Å²) >= 11 is 12.4. The molecule has 11 heteroatoms. The number of methoxy groups -OCH3 is 2. The van der Waals surface area contributed by atoms with Gasteiger partial charge in [-0.3, -0.25) is 9.10 Å². The predicted molar refractivity (Wildman–Crippen MR) is 152 cm³/mol. The molecule has 0 bridgehead atoms. The van der Waals surface area contributed by atoms with Gasteiger partial charge >= 0.3 is 0 Å². The Hall–Kier alpha value is -3.92. The van der Waals surface area contributed by atoms with Gasteiger partial charge in [-0.05, 0) is 60.7 Å². The highest BCUT2D eigenvalue weighted by atomic mass is 35.5. The van der Waals surface area contributed by atoms with Crippen LogP contribution in [0.15, 0.2) is 95.9 Å². The molecule has 1 amide bonds. The Kier molecular flexibility index (Phi) is 8.86. The first-order valence-corrected chi connectivity index (χ1v) is 13.7. The van der Waals surface area contributed by atoms with Crippen LogP contribution in [0, 0.1) is 0 Å². The van der Waals surface area contributed by atoms with E-state index in [0.717, 1.165) is 4.31 Å². The van der Waals surface area contributed by atoms with Crippen molar-refractivity contribution in [3.05, 3.63) is 101 Å². The molecule has 0 aromatic heterocycles. The zero-order valence-electron chi connectivity index (χ0n) is 20.9. The number of para-hydroxylation sites is 2. The fraction of sp³-hybridized carbons (Fsp3) is 0.107. The highest BCUT2D eigenvalue weighted by Gasteiger charge is 2.30. The van der Waals surface area contributed by atoms with Gasteiger partial charge < -0.3 is 19.5 Å². The molecular formula is C28H24Cl2N2O6S. The number of nitrogens with one attached hydrogen (secondary N) is 1. The van der Waals surface area contributed by atoms with Gasteiger partial charge in [0.15, 0.2) is 17.2 Å². The summed E-state index contributed by atoms with van der Waals surface area (Å²) < 4.78 is 45.1. The Bertz CT molecular complexity index is 1580. The standard InChI is InChI=1S/C28H24Cl2N2O6S/c1-36-25-15-13-20(30)17-23(25)32(39(34,35)21-8-4-3-5-9-21)18-28(33)31-22-16-19(29)12-14-24(22)38-27-11-7-6-10-26(27)37-2/h3-17H,18H2,1-2H3,(H,31,33). The number of amides is 1. The molecule has 0 aliphatic carbocycles. The van der Waals surface area contributed by atoms with Crippen LogP contribution in [-0.4, -0.2) is 35.1 Å². The third-order valence-electron chi connectivity index (χ3n) is 5.53. The Morgan fingerprint density at radius 2 is 1.36 bits per heavy atom. The molecule has 0 spiro atoms. The van der Waals surface area contributed by atoms with Gasteiger partial charge in [0.05, 0.1) is 30.5 Å². The minimum Gasteiger partial charge on any atom is -0.495 e. The average molecular weight is 587 g/mol. The Morgan fingerprint density at radius 1 is 0.769 bits per heavy atom. The second-order valence-electron chi connectivity index (χ2n) is 8.08. The first-order chi connectivity index (χ1) is 18.7. The number of hydrogen-bond donors (Lipinski definition) is 1. The number of nitrogens with zero attached hydrogens (tertiary/aromatic N) is 1. The van der Waals surface area contributed by atoms with E-state index in [1.54, 1.807) is 60.7 Å². The van der Waals surface area contributed by atoms with E-state index in [1.165, 1.54) is 44.6 Å². The maximum Gasteiger partial charge on any atom is 0.264 e. The third-order valence-corrected chi connectivity index (χ3v) is 7.78. The van der Waals surface area contributed by atoms with Crippen molar-refractivity contribution in [3.8, 4) is 23.0 Å². The minimum absolute atomic E-state index is 0.0113. The van der Waals surface area contributed by atoms with Crippen LogP contribution in [0.25, 0.3) is 0 Å². The molecule has 0 aliphatic heterocycles. The van der Waals surface area contributed by atoms with Crippen LogP contribution in [-0.2, 0) is 14.8 Å². The molecule has 0 unspecified atom stereocenters. The molecule has 202 valence electrons. The molecule has 39 heavy (non-hydrogen) atoms. The van der Waals surface area contributed by atoms with Crippen molar-refractivity contribution in [3.63, 3.8) is 0 Å². The topological polar surface area (TPSA) is 94.2 Å². The summed E-state index contributed by atoms with van der Waals surface area (Å²) in [4.78, 5) is 13.4. The van der Waals surface area contributed by atoms with E-state index in [0.29, 0.717) is 16.5 Å². The fourth-order valence-electron chi connectivity index (χ4n) is 3.71. The lowest BCUT2D eigenvalue weighted by Crippen LogP contribution is -2.38. The Morgan fingerprint density at radius 3 is 2.03 bits per heavy atom. The van der Waals surface area contributed by atoms with E-state index >= 15 is 0 Å². The van der Waals surface area contributed by atoms with Crippen molar-refractivity contribution in [2.45, 2.75) is 4.90 Å². The van der Waals surface area contributed by atoms with Crippen LogP contribution in [0.4, 0.5) is 11.4 Å². The van der Waals surface area contributed by atoms with Gasteiger partial charge in [-0.1, -0.05) is 53.5 Å². The third kappa shape index (κ3) is 6.57. The number of carbonyl (C=O) groups is 1. The van der Waals surface area contributed by atoms with Crippen LogP contribution in [0.2, 0.25) is 10.0 Å². The summed E-state index contributed by atoms with van der Waals surface area (Å²) in [5.74, 6) is 0.723. The molecule has 0 fully saturated rings. The van der Waals surface area contributed by atoms with Crippen LogP contribution < -0.4 is 23.8 Å². The number of halogens is 2. The zero-order chi connectivity index (χ0) is 28.0. The van der Waals surface area contributed by atoms with Crippen LogP contribution >= 0.6 is 23.2 Å². The molecule has 0 heterocycles. The van der Waals surface area contributed by atoms with Crippen LogP contribution in [0.5, 0.6) is 23.0 Å². The number of rotatable bonds is 10. The summed E-state index contributed by atoms with van der Waals surface area (Å²) in [7, 11) is -1.30. The lowest BCUT2D eigenvalue weighted by atomic mass is 10.2. The Balaban J connectivity index is 1.70. The highest BCUT2D eigenvalue weighted by Crippen LogP contribution is 2.37. The van der Waals surface area contributed by atoms with Gasteiger partial charge in [0.2, 0.25) is 5.91 Å². The van der Waals surface area contributed by atoms with Gasteiger partial charge in [-0.25, -0.2) is 8.42 Å². The molecular weight excluding hydrogens is 563 g/mol. The fourth-order valence-corrected chi connectivity index (χ4v) is 5.49. The number of anilines is 2.